The number of benzene rings is 1. The average molecular weight is 473 g/mol. The molecule has 0 spiro atoms. The van der Waals surface area contributed by atoms with Crippen molar-refractivity contribution >= 4 is 16.1 Å². The third kappa shape index (κ3) is 4.59. The number of esters is 1. The number of alkyl halides is 3. The topological polar surface area (TPSA) is 69.7 Å². The van der Waals surface area contributed by atoms with Crippen molar-refractivity contribution in [2.24, 2.45) is 23.2 Å². The summed E-state index contributed by atoms with van der Waals surface area (Å²) in [7, 11) is -4.17. The number of aryl methyl sites for hydroxylation is 1. The van der Waals surface area contributed by atoms with Crippen LogP contribution in [0.4, 0.5) is 13.2 Å². The molecule has 5 nitrogen and oxygen atoms in total. The molecule has 5 rings (SSSR count). The zero-order chi connectivity index (χ0) is 23.3. The summed E-state index contributed by atoms with van der Waals surface area (Å²) in [6.07, 6.45) is -0.720. The molecule has 0 aliphatic heterocycles. The molecule has 9 heteroatoms. The van der Waals surface area contributed by atoms with Crippen molar-refractivity contribution in [3.63, 3.8) is 0 Å². The third-order valence-electron chi connectivity index (χ3n) is 7.26. The van der Waals surface area contributed by atoms with Crippen LogP contribution in [0.25, 0.3) is 0 Å². The van der Waals surface area contributed by atoms with Gasteiger partial charge in [-0.1, -0.05) is 18.7 Å². The van der Waals surface area contributed by atoms with Gasteiger partial charge in [-0.3, -0.25) is 4.18 Å². The lowest BCUT2D eigenvalue weighted by molar-refractivity contribution is -0.180. The first kappa shape index (κ1) is 23.3. The Kier molecular flexibility index (Phi) is 5.94. The third-order valence-corrected chi connectivity index (χ3v) is 8.54. The maximum Gasteiger partial charge on any atom is 0.422 e. The van der Waals surface area contributed by atoms with Crippen LogP contribution in [0.5, 0.6) is 0 Å². The molecule has 4 aliphatic carbocycles. The molecule has 0 aromatic heterocycles. The smallest absolute Gasteiger partial charge is 0.422 e. The van der Waals surface area contributed by atoms with E-state index in [-0.39, 0.29) is 4.90 Å². The van der Waals surface area contributed by atoms with Crippen molar-refractivity contribution in [2.45, 2.75) is 62.6 Å². The van der Waals surface area contributed by atoms with E-state index in [1.54, 1.807) is 19.1 Å². The van der Waals surface area contributed by atoms with Gasteiger partial charge in [-0.25, -0.2) is 4.79 Å². The Hall–Kier alpha value is -1.87. The molecular formula is C23H27F3O5S. The number of carbonyl (C=O) groups excluding carboxylic acids is 1. The summed E-state index contributed by atoms with van der Waals surface area (Å²) in [5, 5.41) is 0. The van der Waals surface area contributed by atoms with Crippen LogP contribution in [0.2, 0.25) is 0 Å². The van der Waals surface area contributed by atoms with Crippen molar-refractivity contribution < 1.29 is 35.3 Å². The Bertz CT molecular complexity index is 979. The molecule has 0 saturated heterocycles. The number of hydrogen-bond donors (Lipinski definition) is 0. The Labute approximate surface area is 186 Å². The summed E-state index contributed by atoms with van der Waals surface area (Å²) in [6, 6.07) is 6.16. The van der Waals surface area contributed by atoms with E-state index >= 15 is 0 Å². The van der Waals surface area contributed by atoms with Gasteiger partial charge >= 0.3 is 12.1 Å². The summed E-state index contributed by atoms with van der Waals surface area (Å²) < 4.78 is 75.1. The summed E-state index contributed by atoms with van der Waals surface area (Å²) in [6.45, 7) is 4.06. The first-order valence-electron chi connectivity index (χ1n) is 10.8. The van der Waals surface area contributed by atoms with Crippen molar-refractivity contribution in [1.82, 2.24) is 0 Å². The highest BCUT2D eigenvalue weighted by Gasteiger charge is 2.56. The summed E-state index contributed by atoms with van der Waals surface area (Å²) in [5.41, 5.74) is -1.45. The van der Waals surface area contributed by atoms with Gasteiger partial charge in [0.1, 0.15) is 18.3 Å². The fraction of sp³-hybridized carbons (Fsp3) is 0.609. The molecule has 1 unspecified atom stereocenters. The number of halogens is 3. The maximum atomic E-state index is 13.0. The van der Waals surface area contributed by atoms with Crippen LogP contribution in [0.15, 0.2) is 41.3 Å². The molecule has 4 aliphatic rings. The zero-order valence-electron chi connectivity index (χ0n) is 17.9. The minimum atomic E-state index is -4.92. The molecule has 0 N–H and O–H groups in total. The molecule has 4 fully saturated rings. The van der Waals surface area contributed by atoms with Crippen molar-refractivity contribution in [1.29, 1.82) is 0 Å². The molecule has 1 aromatic carbocycles. The van der Waals surface area contributed by atoms with Crippen molar-refractivity contribution in [3.8, 4) is 0 Å². The molecular weight excluding hydrogens is 445 g/mol. The van der Waals surface area contributed by atoms with Crippen LogP contribution < -0.4 is 0 Å². The minimum Gasteiger partial charge on any atom is -0.456 e. The summed E-state index contributed by atoms with van der Waals surface area (Å²) >= 11 is 0. The first-order valence-corrected chi connectivity index (χ1v) is 12.2. The lowest BCUT2D eigenvalue weighted by atomic mass is 9.48. The lowest BCUT2D eigenvalue weighted by Gasteiger charge is -2.58. The second kappa shape index (κ2) is 8.17. The molecule has 0 heterocycles. The fourth-order valence-corrected chi connectivity index (χ4v) is 7.23. The predicted molar refractivity (Wildman–Crippen MR) is 110 cm³/mol. The SMILES string of the molecule is C=C(C(=O)OC(COS(=O)(=O)c1cccc(C)c1)C12CC3CC(CC(C3)C1)C2)C(F)(F)F. The normalized spacial score (nSPS) is 30.2. The largest absolute Gasteiger partial charge is 0.456 e. The van der Waals surface area contributed by atoms with E-state index in [4.69, 9.17) is 8.92 Å². The van der Waals surface area contributed by atoms with Crippen LogP contribution in [-0.4, -0.2) is 33.3 Å². The number of hydrogen-bond acceptors (Lipinski definition) is 5. The van der Waals surface area contributed by atoms with Crippen molar-refractivity contribution in [3.05, 3.63) is 42.0 Å². The highest BCUT2D eigenvalue weighted by atomic mass is 32.2. The molecule has 1 aromatic rings. The maximum absolute atomic E-state index is 13.0. The highest BCUT2D eigenvalue weighted by molar-refractivity contribution is 7.86. The molecule has 4 saturated carbocycles. The Balaban J connectivity index is 1.58. The molecule has 0 radical (unpaired) electrons. The number of ether oxygens (including phenoxy) is 1. The second-order valence-corrected chi connectivity index (χ2v) is 11.3. The van der Waals surface area contributed by atoms with Gasteiger partial charge < -0.3 is 4.74 Å². The van der Waals surface area contributed by atoms with Crippen LogP contribution in [0, 0.1) is 30.1 Å². The Morgan fingerprint density at radius 1 is 1.16 bits per heavy atom. The Morgan fingerprint density at radius 3 is 2.22 bits per heavy atom. The van der Waals surface area contributed by atoms with E-state index < -0.39 is 46.0 Å². The van der Waals surface area contributed by atoms with E-state index in [1.165, 1.54) is 12.1 Å². The number of carbonyl (C=O) groups is 1. The molecule has 1 atom stereocenters. The fourth-order valence-electron chi connectivity index (χ4n) is 6.21. The average Bonchev–Trinajstić information content (AvgIpc) is 2.68. The monoisotopic (exact) mass is 472 g/mol. The van der Waals surface area contributed by atoms with Gasteiger partial charge in [0.25, 0.3) is 10.1 Å². The van der Waals surface area contributed by atoms with Gasteiger partial charge in [-0.2, -0.15) is 21.6 Å². The molecule has 32 heavy (non-hydrogen) atoms. The predicted octanol–water partition coefficient (Wildman–Crippen LogP) is 4.95. The van der Waals surface area contributed by atoms with Gasteiger partial charge in [-0.05, 0) is 80.9 Å². The summed E-state index contributed by atoms with van der Waals surface area (Å²) in [4.78, 5) is 12.2. The zero-order valence-corrected chi connectivity index (χ0v) is 18.7. The Morgan fingerprint density at radius 2 is 1.72 bits per heavy atom. The van der Waals surface area contributed by atoms with Gasteiger partial charge in [-0.15, -0.1) is 0 Å². The summed E-state index contributed by atoms with van der Waals surface area (Å²) in [5.74, 6) is -0.320. The van der Waals surface area contributed by atoms with E-state index in [1.807, 2.05) is 0 Å². The molecule has 0 amide bonds. The quantitative estimate of drug-likeness (QED) is 0.319. The van der Waals surface area contributed by atoms with E-state index in [9.17, 15) is 26.4 Å². The molecule has 176 valence electrons. The van der Waals surface area contributed by atoms with E-state index in [0.29, 0.717) is 37.0 Å². The van der Waals surface area contributed by atoms with Crippen LogP contribution in [0.3, 0.4) is 0 Å². The van der Waals surface area contributed by atoms with Crippen molar-refractivity contribution in [2.75, 3.05) is 6.61 Å². The van der Waals surface area contributed by atoms with Gasteiger partial charge in [0, 0.05) is 5.41 Å². The van der Waals surface area contributed by atoms with Crippen LogP contribution in [0.1, 0.15) is 44.1 Å². The minimum absolute atomic E-state index is 0.0483. The molecule has 4 bridgehead atoms. The van der Waals surface area contributed by atoms with E-state index in [0.717, 1.165) is 24.8 Å². The lowest BCUT2D eigenvalue weighted by Crippen LogP contribution is -2.54. The van der Waals surface area contributed by atoms with Crippen LogP contribution in [-0.2, 0) is 23.8 Å². The van der Waals surface area contributed by atoms with Gasteiger partial charge in [0.15, 0.2) is 0 Å². The van der Waals surface area contributed by atoms with E-state index in [2.05, 4.69) is 6.58 Å². The van der Waals surface area contributed by atoms with Gasteiger partial charge in [0.2, 0.25) is 0 Å². The van der Waals surface area contributed by atoms with Crippen LogP contribution >= 0.6 is 0 Å². The first-order chi connectivity index (χ1) is 14.9. The highest BCUT2D eigenvalue weighted by Crippen LogP contribution is 2.62. The second-order valence-electron chi connectivity index (χ2n) is 9.71. The van der Waals surface area contributed by atoms with Gasteiger partial charge in [0.05, 0.1) is 4.90 Å². The standard InChI is InChI=1S/C23H27F3O5S/c1-14-4-3-5-19(6-14)32(28,29)30-13-20(31-21(27)15(2)23(24,25)26)22-10-16-7-17(11-22)9-18(8-16)12-22/h3-6,16-18,20H,2,7-13H2,1H3. The number of rotatable bonds is 7.